The molecule has 0 bridgehead atoms. The van der Waals surface area contributed by atoms with Crippen LogP contribution >= 0.6 is 40.2 Å². The van der Waals surface area contributed by atoms with Gasteiger partial charge in [0.1, 0.15) is 11.2 Å². The number of hydrogen-bond donors (Lipinski definition) is 2. The molecule has 1 amide bonds. The number of anilines is 3. The minimum Gasteiger partial charge on any atom is -0.354 e. The van der Waals surface area contributed by atoms with Crippen molar-refractivity contribution < 1.29 is 4.79 Å². The molecule has 3 aromatic rings. The number of thioether (sulfide) groups is 1. The van der Waals surface area contributed by atoms with Crippen molar-refractivity contribution in [1.82, 2.24) is 14.1 Å². The van der Waals surface area contributed by atoms with Crippen LogP contribution in [0.2, 0.25) is 0 Å². The highest BCUT2D eigenvalue weighted by atomic mass is 127. The summed E-state index contributed by atoms with van der Waals surface area (Å²) in [5, 5.41) is 6.54. The first-order valence-corrected chi connectivity index (χ1v) is 14.0. The number of aromatic nitrogens is 3. The summed E-state index contributed by atoms with van der Waals surface area (Å²) in [4.78, 5) is 29.4. The third-order valence-electron chi connectivity index (χ3n) is 4.84. The van der Waals surface area contributed by atoms with Gasteiger partial charge in [0, 0.05) is 18.0 Å². The van der Waals surface area contributed by atoms with E-state index in [1.165, 1.54) is 18.4 Å². The molecule has 2 heterocycles. The van der Waals surface area contributed by atoms with Crippen LogP contribution in [0.1, 0.15) is 24.3 Å². The highest BCUT2D eigenvalue weighted by Gasteiger charge is 2.24. The predicted octanol–water partition coefficient (Wildman–Crippen LogP) is 4.44. The van der Waals surface area contributed by atoms with Crippen molar-refractivity contribution in [2.45, 2.75) is 23.7 Å². The number of carbonyl (C=O) groups excluding carboxylic acids is 1. The van der Waals surface area contributed by atoms with Gasteiger partial charge in [-0.25, -0.2) is 14.1 Å². The van der Waals surface area contributed by atoms with Gasteiger partial charge in [-0.1, -0.05) is 6.07 Å². The van der Waals surface area contributed by atoms with Crippen LogP contribution in [0.25, 0.3) is 11.0 Å². The number of amides is 1. The molecule has 1 aliphatic rings. The average Bonchev–Trinajstić information content (AvgIpc) is 3.50. The Morgan fingerprint density at radius 2 is 2.11 bits per heavy atom. The van der Waals surface area contributed by atoms with Gasteiger partial charge in [-0.05, 0) is 64.8 Å². The molecule has 0 radical (unpaired) electrons. The molecule has 146 valence electrons. The molecule has 1 aliphatic carbocycles. The van der Waals surface area contributed by atoms with Crippen molar-refractivity contribution in [3.8, 4) is 0 Å². The predicted molar refractivity (Wildman–Crippen MR) is 126 cm³/mol. The lowest BCUT2D eigenvalue weighted by Crippen LogP contribution is -2.15. The lowest BCUT2D eigenvalue weighted by Gasteiger charge is -2.14. The van der Waals surface area contributed by atoms with Crippen molar-refractivity contribution in [2.75, 3.05) is 16.9 Å². The summed E-state index contributed by atoms with van der Waals surface area (Å²) < 4.78 is 3.37. The number of carbonyl (C=O) groups is 1. The topological polar surface area (TPSA) is 81.0 Å². The first-order valence-electron chi connectivity index (χ1n) is 8.72. The van der Waals surface area contributed by atoms with Crippen LogP contribution in [0.4, 0.5) is 17.2 Å². The largest absolute Gasteiger partial charge is 0.354 e. The first kappa shape index (κ1) is 19.7. The lowest BCUT2D eigenvalue weighted by atomic mass is 10.1. The van der Waals surface area contributed by atoms with Gasteiger partial charge in [-0.2, -0.15) is 0 Å². The molecule has 0 saturated heterocycles. The Morgan fingerprint density at radius 1 is 1.32 bits per heavy atom. The number of nitrogens with one attached hydrogen (secondary N) is 2. The molecular formula is C18H19IN5O2PS. The van der Waals surface area contributed by atoms with Crippen LogP contribution in [-0.4, -0.2) is 26.8 Å². The number of halogens is 1. The van der Waals surface area contributed by atoms with Gasteiger partial charge in [0.15, 0.2) is 5.65 Å². The van der Waals surface area contributed by atoms with Gasteiger partial charge in [0.25, 0.3) is 5.56 Å². The van der Waals surface area contributed by atoms with Crippen LogP contribution in [-0.2, 0) is 11.8 Å². The second-order valence-corrected chi connectivity index (χ2v) is 9.49. The molecule has 1 fully saturated rings. The fourth-order valence-corrected chi connectivity index (χ4v) is 5.94. The van der Waals surface area contributed by atoms with Crippen molar-refractivity contribution >= 4 is 74.8 Å². The Bertz CT molecular complexity index is 1130. The first-order chi connectivity index (χ1) is 13.6. The molecule has 1 unspecified atom stereocenters. The molecule has 1 aromatic carbocycles. The molecule has 2 aromatic heterocycles. The molecule has 2 N–H and O–H groups in total. The van der Waals surface area contributed by atoms with E-state index in [1.54, 1.807) is 29.6 Å². The van der Waals surface area contributed by atoms with Gasteiger partial charge in [-0.3, -0.25) is 9.59 Å². The minimum absolute atomic E-state index is 0.118. The van der Waals surface area contributed by atoms with Gasteiger partial charge in [-0.15, -0.1) is 11.8 Å². The number of pyridine rings is 1. The maximum Gasteiger partial charge on any atom is 0.278 e. The molecule has 7 nitrogen and oxygen atoms in total. The Hall–Kier alpha value is -1.58. The average molecular weight is 527 g/mol. The smallest absolute Gasteiger partial charge is 0.278 e. The summed E-state index contributed by atoms with van der Waals surface area (Å²) >= 11 is 3.89. The zero-order valence-electron chi connectivity index (χ0n) is 15.3. The number of hydrogen-bond acceptors (Lipinski definition) is 5. The Labute approximate surface area is 181 Å². The van der Waals surface area contributed by atoms with E-state index in [0.29, 0.717) is 41.2 Å². The van der Waals surface area contributed by atoms with E-state index in [9.17, 15) is 9.59 Å². The van der Waals surface area contributed by atoms with E-state index in [2.05, 4.69) is 55.9 Å². The van der Waals surface area contributed by atoms with E-state index in [1.807, 2.05) is 10.7 Å². The van der Waals surface area contributed by atoms with Crippen molar-refractivity contribution in [3.63, 3.8) is 0 Å². The third kappa shape index (κ3) is 3.55. The van der Waals surface area contributed by atoms with Crippen LogP contribution in [0.5, 0.6) is 0 Å². The number of fused-ring (bicyclic) bond motifs is 1. The fraction of sp³-hybridized carbons (Fsp3) is 0.278. The van der Waals surface area contributed by atoms with Gasteiger partial charge >= 0.3 is 0 Å². The number of benzene rings is 1. The molecule has 1 saturated carbocycles. The highest BCUT2D eigenvalue weighted by molar-refractivity contribution is 14.2. The highest BCUT2D eigenvalue weighted by Crippen LogP contribution is 2.43. The summed E-state index contributed by atoms with van der Waals surface area (Å²) in [5.74, 6) is 1.08. The standard InChI is InChI=1S/C18H19IN5O2PS/c1-23-18(26)16-13(8-15(20-9-25)22-17(16)24(23)27-19)21-12-6-5-11(10-3-4-10)7-14(12)28-2/h5-10,27H,3-4H2,1-2H3,(H2,20,21,22,25). The zero-order valence-corrected chi connectivity index (χ0v) is 19.3. The minimum atomic E-state index is -0.118. The van der Waals surface area contributed by atoms with Gasteiger partial charge in [0.2, 0.25) is 6.41 Å². The Balaban J connectivity index is 1.86. The van der Waals surface area contributed by atoms with E-state index in [4.69, 9.17) is 0 Å². The Morgan fingerprint density at radius 3 is 2.75 bits per heavy atom. The van der Waals surface area contributed by atoms with Crippen molar-refractivity contribution in [2.24, 2.45) is 7.05 Å². The van der Waals surface area contributed by atoms with Crippen LogP contribution in [0.3, 0.4) is 0 Å². The number of rotatable bonds is 7. The molecule has 4 rings (SSSR count). The monoisotopic (exact) mass is 527 g/mol. The maximum atomic E-state index is 12.9. The van der Waals surface area contributed by atoms with Crippen molar-refractivity contribution in [3.05, 3.63) is 40.2 Å². The zero-order chi connectivity index (χ0) is 19.8. The second kappa shape index (κ2) is 8.04. The van der Waals surface area contributed by atoms with E-state index >= 15 is 0 Å². The quantitative estimate of drug-likeness (QED) is 0.206. The normalized spacial score (nSPS) is 14.1. The summed E-state index contributed by atoms with van der Waals surface area (Å²) in [6.07, 6.45) is 5.46. The third-order valence-corrected chi connectivity index (χ3v) is 7.66. The number of nitrogens with zero attached hydrogens (tertiary/aromatic N) is 3. The molecule has 1 atom stereocenters. The molecule has 10 heteroatoms. The molecule has 28 heavy (non-hydrogen) atoms. The Kier molecular flexibility index (Phi) is 5.66. The van der Waals surface area contributed by atoms with E-state index in [-0.39, 0.29) is 5.56 Å². The molecule has 0 spiro atoms. The fourth-order valence-electron chi connectivity index (χ4n) is 3.25. The van der Waals surface area contributed by atoms with Gasteiger partial charge < -0.3 is 10.6 Å². The van der Waals surface area contributed by atoms with E-state index < -0.39 is 0 Å². The molecular weight excluding hydrogens is 508 g/mol. The van der Waals surface area contributed by atoms with Crippen LogP contribution < -0.4 is 16.2 Å². The molecule has 0 aliphatic heterocycles. The summed E-state index contributed by atoms with van der Waals surface area (Å²) in [6.45, 7) is 0. The van der Waals surface area contributed by atoms with E-state index in [0.717, 1.165) is 10.6 Å². The van der Waals surface area contributed by atoms with Crippen LogP contribution in [0.15, 0.2) is 34.0 Å². The second-order valence-electron chi connectivity index (χ2n) is 6.60. The van der Waals surface area contributed by atoms with Crippen molar-refractivity contribution in [1.29, 1.82) is 0 Å². The maximum absolute atomic E-state index is 12.9. The SMILES string of the molecule is CSc1cc(C2CC2)ccc1Nc1cc(NC=O)nc2c1c(=O)n(C)n2PI. The summed E-state index contributed by atoms with van der Waals surface area (Å²) in [5.41, 5.74) is 3.37. The van der Waals surface area contributed by atoms with Gasteiger partial charge in [0.05, 0.1) is 17.7 Å². The summed E-state index contributed by atoms with van der Waals surface area (Å²) in [6, 6.07) is 8.15. The van der Waals surface area contributed by atoms with Crippen LogP contribution in [0, 0.1) is 0 Å². The summed E-state index contributed by atoms with van der Waals surface area (Å²) in [7, 11) is 1.73. The lowest BCUT2D eigenvalue weighted by molar-refractivity contribution is -0.105.